The van der Waals surface area contributed by atoms with E-state index in [1.54, 1.807) is 19.2 Å². The van der Waals surface area contributed by atoms with Gasteiger partial charge in [0.2, 0.25) is 21.8 Å². The van der Waals surface area contributed by atoms with Crippen LogP contribution in [0.1, 0.15) is 16.7 Å². The Hall–Kier alpha value is -3.76. The molecule has 0 aromatic heterocycles. The number of benzene rings is 3. The minimum Gasteiger partial charge on any atom is -0.497 e. The molecule has 0 saturated carbocycles. The molecule has 3 aromatic rings. The molecule has 3 aromatic carbocycles. The van der Waals surface area contributed by atoms with Crippen LogP contribution in [0.4, 0.5) is 4.39 Å². The first-order chi connectivity index (χ1) is 18.1. The third kappa shape index (κ3) is 8.39. The standard InChI is InChI=1S/C28H32FN3O5S/c1-31(38(3,35)36)20-27(33)32(19-23-9-13-24(29)14-10-23)26(17-21-7-5-4-6-8-21)28(34)30-18-22-11-15-25(37-2)16-12-22/h4-16,26H,17-20H2,1-3H3,(H,30,34)/t26-/m1/s1. The first-order valence-electron chi connectivity index (χ1n) is 12.0. The Balaban J connectivity index is 1.92. The van der Waals surface area contributed by atoms with Gasteiger partial charge in [-0.25, -0.2) is 12.8 Å². The Morgan fingerprint density at radius 2 is 1.53 bits per heavy atom. The largest absolute Gasteiger partial charge is 0.497 e. The summed E-state index contributed by atoms with van der Waals surface area (Å²) in [5.41, 5.74) is 2.26. The molecule has 0 heterocycles. The maximum absolute atomic E-state index is 13.6. The molecule has 0 radical (unpaired) electrons. The fourth-order valence-electron chi connectivity index (χ4n) is 3.79. The number of sulfonamides is 1. The number of methoxy groups -OCH3 is 1. The first kappa shape index (κ1) is 28.8. The van der Waals surface area contributed by atoms with Crippen LogP contribution in [-0.2, 0) is 39.1 Å². The molecule has 0 bridgehead atoms. The van der Waals surface area contributed by atoms with E-state index in [2.05, 4.69) is 5.32 Å². The van der Waals surface area contributed by atoms with Crippen LogP contribution in [0.25, 0.3) is 0 Å². The van der Waals surface area contributed by atoms with Crippen molar-refractivity contribution in [3.63, 3.8) is 0 Å². The third-order valence-electron chi connectivity index (χ3n) is 6.09. The van der Waals surface area contributed by atoms with Crippen LogP contribution >= 0.6 is 0 Å². The number of carbonyl (C=O) groups excluding carboxylic acids is 2. The molecule has 2 amide bonds. The lowest BCUT2D eigenvalue weighted by Crippen LogP contribution is -2.52. The zero-order chi connectivity index (χ0) is 27.7. The second-order valence-electron chi connectivity index (χ2n) is 8.94. The number of hydrogen-bond donors (Lipinski definition) is 1. The summed E-state index contributed by atoms with van der Waals surface area (Å²) in [6.07, 6.45) is 1.21. The minimum absolute atomic E-state index is 0.00975. The van der Waals surface area contributed by atoms with E-state index in [0.717, 1.165) is 21.7 Å². The molecule has 202 valence electrons. The molecular weight excluding hydrogens is 509 g/mol. The highest BCUT2D eigenvalue weighted by Gasteiger charge is 2.31. The number of halogens is 1. The van der Waals surface area contributed by atoms with E-state index in [0.29, 0.717) is 11.3 Å². The Bertz CT molecular complexity index is 1320. The van der Waals surface area contributed by atoms with Gasteiger partial charge in [-0.2, -0.15) is 4.31 Å². The van der Waals surface area contributed by atoms with E-state index in [-0.39, 0.29) is 19.5 Å². The quantitative estimate of drug-likeness (QED) is 0.380. The maximum atomic E-state index is 13.6. The van der Waals surface area contributed by atoms with Crippen LogP contribution in [0.15, 0.2) is 78.9 Å². The number of nitrogens with one attached hydrogen (secondary N) is 1. The summed E-state index contributed by atoms with van der Waals surface area (Å²) in [5, 5.41) is 2.91. The zero-order valence-corrected chi connectivity index (χ0v) is 22.4. The van der Waals surface area contributed by atoms with Crippen LogP contribution in [-0.4, -0.2) is 62.4 Å². The molecule has 0 unspecified atom stereocenters. The van der Waals surface area contributed by atoms with Gasteiger partial charge in [0, 0.05) is 26.6 Å². The van der Waals surface area contributed by atoms with Gasteiger partial charge < -0.3 is 15.0 Å². The summed E-state index contributed by atoms with van der Waals surface area (Å²) in [6.45, 7) is -0.239. The monoisotopic (exact) mass is 541 g/mol. The number of ether oxygens (including phenoxy) is 1. The van der Waals surface area contributed by atoms with Crippen LogP contribution in [0.5, 0.6) is 5.75 Å². The molecule has 0 aliphatic heterocycles. The zero-order valence-electron chi connectivity index (χ0n) is 21.6. The maximum Gasteiger partial charge on any atom is 0.243 e. The van der Waals surface area contributed by atoms with Gasteiger partial charge in [0.25, 0.3) is 0 Å². The van der Waals surface area contributed by atoms with Crippen molar-refractivity contribution in [2.45, 2.75) is 25.6 Å². The third-order valence-corrected chi connectivity index (χ3v) is 7.35. The molecule has 0 aliphatic rings. The normalized spacial score (nSPS) is 12.1. The second-order valence-corrected chi connectivity index (χ2v) is 11.0. The van der Waals surface area contributed by atoms with Gasteiger partial charge in [-0.05, 0) is 41.0 Å². The summed E-state index contributed by atoms with van der Waals surface area (Å²) >= 11 is 0. The van der Waals surface area contributed by atoms with Crippen LogP contribution in [0, 0.1) is 5.82 Å². The Kier molecular flexibility index (Phi) is 9.98. The van der Waals surface area contributed by atoms with Crippen molar-refractivity contribution < 1.29 is 27.1 Å². The van der Waals surface area contributed by atoms with Crippen molar-refractivity contribution in [1.82, 2.24) is 14.5 Å². The van der Waals surface area contributed by atoms with Crippen LogP contribution in [0.3, 0.4) is 0 Å². The number of hydrogen-bond acceptors (Lipinski definition) is 5. The fourth-order valence-corrected chi connectivity index (χ4v) is 4.13. The molecule has 3 rings (SSSR count). The predicted molar refractivity (Wildman–Crippen MR) is 143 cm³/mol. The number of carbonyl (C=O) groups is 2. The predicted octanol–water partition coefficient (Wildman–Crippen LogP) is 2.98. The van der Waals surface area contributed by atoms with Gasteiger partial charge in [-0.3, -0.25) is 9.59 Å². The van der Waals surface area contributed by atoms with E-state index in [1.807, 2.05) is 42.5 Å². The van der Waals surface area contributed by atoms with E-state index in [1.165, 1.54) is 36.2 Å². The van der Waals surface area contributed by atoms with Crippen molar-refractivity contribution in [2.24, 2.45) is 0 Å². The second kappa shape index (κ2) is 13.2. The summed E-state index contributed by atoms with van der Waals surface area (Å²) in [5.74, 6) is -0.695. The average Bonchev–Trinajstić information content (AvgIpc) is 2.90. The highest BCUT2D eigenvalue weighted by Crippen LogP contribution is 2.17. The van der Waals surface area contributed by atoms with Gasteiger partial charge in [-0.15, -0.1) is 0 Å². The SMILES string of the molecule is COc1ccc(CNC(=O)[C@@H](Cc2ccccc2)N(Cc2ccc(F)cc2)C(=O)CN(C)S(C)(=O)=O)cc1. The van der Waals surface area contributed by atoms with Crippen molar-refractivity contribution in [2.75, 3.05) is 27.0 Å². The minimum atomic E-state index is -3.64. The molecule has 1 N–H and O–H groups in total. The molecule has 38 heavy (non-hydrogen) atoms. The summed E-state index contributed by atoms with van der Waals surface area (Å²) in [6, 6.07) is 21.1. The fraction of sp³-hybridized carbons (Fsp3) is 0.286. The summed E-state index contributed by atoms with van der Waals surface area (Å²) in [7, 11) is -0.768. The smallest absolute Gasteiger partial charge is 0.243 e. The number of likely N-dealkylation sites (N-methyl/N-ethyl adjacent to an activating group) is 1. The summed E-state index contributed by atoms with van der Waals surface area (Å²) in [4.78, 5) is 28.5. The van der Waals surface area contributed by atoms with Crippen LogP contribution in [0.2, 0.25) is 0 Å². The first-order valence-corrected chi connectivity index (χ1v) is 13.8. The lowest BCUT2D eigenvalue weighted by Gasteiger charge is -2.32. The van der Waals surface area contributed by atoms with Crippen LogP contribution < -0.4 is 10.1 Å². The van der Waals surface area contributed by atoms with Crippen molar-refractivity contribution in [1.29, 1.82) is 0 Å². The van der Waals surface area contributed by atoms with Gasteiger partial charge in [0.1, 0.15) is 17.6 Å². The van der Waals surface area contributed by atoms with E-state index < -0.39 is 40.2 Å². The Morgan fingerprint density at radius 3 is 2.11 bits per heavy atom. The Labute approximate surface area is 223 Å². The molecule has 1 atom stereocenters. The lowest BCUT2D eigenvalue weighted by molar-refractivity contribution is -0.141. The Morgan fingerprint density at radius 1 is 0.921 bits per heavy atom. The van der Waals surface area contributed by atoms with Gasteiger partial charge in [-0.1, -0.05) is 54.6 Å². The van der Waals surface area contributed by atoms with E-state index in [9.17, 15) is 22.4 Å². The average molecular weight is 542 g/mol. The number of rotatable bonds is 12. The highest BCUT2D eigenvalue weighted by atomic mass is 32.2. The molecule has 0 fully saturated rings. The number of amides is 2. The van der Waals surface area contributed by atoms with E-state index in [4.69, 9.17) is 4.74 Å². The van der Waals surface area contributed by atoms with E-state index >= 15 is 0 Å². The van der Waals surface area contributed by atoms with Gasteiger partial charge in [0.15, 0.2) is 0 Å². The van der Waals surface area contributed by atoms with Gasteiger partial charge >= 0.3 is 0 Å². The van der Waals surface area contributed by atoms with Crippen molar-refractivity contribution >= 4 is 21.8 Å². The number of nitrogens with zero attached hydrogens (tertiary/aromatic N) is 2. The van der Waals surface area contributed by atoms with Gasteiger partial charge in [0.05, 0.1) is 19.9 Å². The molecule has 10 heteroatoms. The van der Waals surface area contributed by atoms with Crippen molar-refractivity contribution in [3.05, 3.63) is 101 Å². The molecule has 0 saturated heterocycles. The molecule has 0 aliphatic carbocycles. The summed E-state index contributed by atoms with van der Waals surface area (Å²) < 4.78 is 43.7. The topological polar surface area (TPSA) is 96.0 Å². The molecular formula is C28H32FN3O5S. The lowest BCUT2D eigenvalue weighted by atomic mass is 10.0. The van der Waals surface area contributed by atoms with Crippen molar-refractivity contribution in [3.8, 4) is 5.75 Å². The molecule has 8 nitrogen and oxygen atoms in total. The highest BCUT2D eigenvalue weighted by molar-refractivity contribution is 7.88. The molecule has 0 spiro atoms.